The predicted octanol–water partition coefficient (Wildman–Crippen LogP) is 2.12. The molecule has 2 aromatic rings. The van der Waals surface area contributed by atoms with Crippen molar-refractivity contribution in [3.05, 3.63) is 53.6 Å². The van der Waals surface area contributed by atoms with E-state index in [2.05, 4.69) is 16.4 Å². The van der Waals surface area contributed by atoms with E-state index in [4.69, 9.17) is 10.00 Å². The Morgan fingerprint density at radius 1 is 1.40 bits per heavy atom. The molecule has 1 N–H and O–H groups in total. The van der Waals surface area contributed by atoms with Gasteiger partial charge in [-0.1, -0.05) is 12.1 Å². The Bertz CT molecular complexity index is 754. The van der Waals surface area contributed by atoms with Crippen molar-refractivity contribution in [2.75, 3.05) is 13.2 Å². The first-order chi connectivity index (χ1) is 12.2. The van der Waals surface area contributed by atoms with E-state index in [1.54, 1.807) is 18.3 Å². The van der Waals surface area contributed by atoms with Gasteiger partial charge in [0, 0.05) is 32.7 Å². The van der Waals surface area contributed by atoms with Gasteiger partial charge in [0.15, 0.2) is 0 Å². The molecule has 0 saturated carbocycles. The number of benzene rings is 1. The Morgan fingerprint density at radius 3 is 2.72 bits per heavy atom. The molecule has 25 heavy (non-hydrogen) atoms. The lowest BCUT2D eigenvalue weighted by molar-refractivity contribution is -0.122. The first-order valence-electron chi connectivity index (χ1n) is 8.50. The molecular formula is C19H22N4O2. The minimum atomic E-state index is -0.116. The molecule has 1 unspecified atom stereocenters. The van der Waals surface area contributed by atoms with Crippen LogP contribution in [0.2, 0.25) is 0 Å². The summed E-state index contributed by atoms with van der Waals surface area (Å²) in [7, 11) is 1.95. The van der Waals surface area contributed by atoms with Gasteiger partial charge >= 0.3 is 0 Å². The highest BCUT2D eigenvalue weighted by molar-refractivity contribution is 5.79. The van der Waals surface area contributed by atoms with Gasteiger partial charge in [-0.05, 0) is 36.5 Å². The number of ether oxygens (including phenoxy) is 1. The summed E-state index contributed by atoms with van der Waals surface area (Å²) < 4.78 is 7.41. The van der Waals surface area contributed by atoms with Crippen LogP contribution in [0.5, 0.6) is 0 Å². The molecule has 0 aliphatic carbocycles. The minimum absolute atomic E-state index is 0.0378. The Labute approximate surface area is 147 Å². The third kappa shape index (κ3) is 4.25. The number of aromatic nitrogens is 2. The van der Waals surface area contributed by atoms with Crippen LogP contribution in [-0.4, -0.2) is 28.7 Å². The monoisotopic (exact) mass is 338 g/mol. The average molecular weight is 338 g/mol. The summed E-state index contributed by atoms with van der Waals surface area (Å²) >= 11 is 0. The van der Waals surface area contributed by atoms with Crippen LogP contribution in [-0.2, 0) is 23.0 Å². The van der Waals surface area contributed by atoms with Gasteiger partial charge in [0.2, 0.25) is 5.91 Å². The number of carbonyl (C=O) groups excluding carboxylic acids is 1. The van der Waals surface area contributed by atoms with Gasteiger partial charge in [0.25, 0.3) is 0 Å². The Kier molecular flexibility index (Phi) is 5.46. The number of hydrogen-bond acceptors (Lipinski definition) is 4. The Balaban J connectivity index is 1.71. The lowest BCUT2D eigenvalue weighted by Crippen LogP contribution is -2.38. The number of nitrogens with zero attached hydrogens (tertiary/aromatic N) is 3. The molecule has 0 bridgehead atoms. The van der Waals surface area contributed by atoms with Crippen molar-refractivity contribution in [2.24, 2.45) is 13.0 Å². The van der Waals surface area contributed by atoms with E-state index in [1.807, 2.05) is 29.9 Å². The van der Waals surface area contributed by atoms with E-state index in [-0.39, 0.29) is 18.4 Å². The second-order valence-electron chi connectivity index (χ2n) is 6.38. The molecule has 1 saturated heterocycles. The van der Waals surface area contributed by atoms with Crippen LogP contribution in [0.1, 0.15) is 35.8 Å². The molecular weight excluding hydrogens is 316 g/mol. The average Bonchev–Trinajstić information content (AvgIpc) is 3.07. The molecule has 2 heterocycles. The van der Waals surface area contributed by atoms with Crippen LogP contribution in [0.3, 0.4) is 0 Å². The summed E-state index contributed by atoms with van der Waals surface area (Å²) in [5.41, 5.74) is 1.49. The molecule has 1 aromatic heterocycles. The van der Waals surface area contributed by atoms with Crippen LogP contribution < -0.4 is 5.32 Å². The van der Waals surface area contributed by atoms with Crippen LogP contribution in [0.4, 0.5) is 0 Å². The maximum absolute atomic E-state index is 12.6. The second kappa shape index (κ2) is 7.95. The fourth-order valence-electron chi connectivity index (χ4n) is 3.23. The normalized spacial score (nSPS) is 16.2. The molecule has 6 heteroatoms. The molecule has 1 aromatic carbocycles. The highest BCUT2D eigenvalue weighted by Crippen LogP contribution is 2.29. The van der Waals surface area contributed by atoms with Gasteiger partial charge < -0.3 is 14.6 Å². The molecule has 1 aliphatic heterocycles. The van der Waals surface area contributed by atoms with Gasteiger partial charge in [0.05, 0.1) is 24.1 Å². The van der Waals surface area contributed by atoms with Gasteiger partial charge in [-0.2, -0.15) is 5.26 Å². The first-order valence-corrected chi connectivity index (χ1v) is 8.50. The summed E-state index contributed by atoms with van der Waals surface area (Å²) in [5, 5.41) is 12.0. The second-order valence-corrected chi connectivity index (χ2v) is 6.38. The standard InChI is InChI=1S/C19H22N4O2/c1-23-9-8-21-19(23)18(16-6-10-25-11-7-16)22-17(24)12-14-2-4-15(13-20)5-3-14/h2-5,8-9,16,18H,6-7,10-12H2,1H3,(H,22,24). The van der Waals surface area contributed by atoms with E-state index in [0.29, 0.717) is 11.5 Å². The molecule has 1 aliphatic rings. The summed E-state index contributed by atoms with van der Waals surface area (Å²) in [6.07, 6.45) is 5.77. The van der Waals surface area contributed by atoms with Crippen molar-refractivity contribution in [1.29, 1.82) is 5.26 Å². The highest BCUT2D eigenvalue weighted by Gasteiger charge is 2.29. The maximum atomic E-state index is 12.6. The SMILES string of the molecule is Cn1ccnc1C(NC(=O)Cc1ccc(C#N)cc1)C1CCOCC1. The third-order valence-electron chi connectivity index (χ3n) is 4.64. The highest BCUT2D eigenvalue weighted by atomic mass is 16.5. The van der Waals surface area contributed by atoms with Gasteiger partial charge in [-0.15, -0.1) is 0 Å². The summed E-state index contributed by atoms with van der Waals surface area (Å²) in [6, 6.07) is 9.08. The number of rotatable bonds is 5. The zero-order valence-electron chi connectivity index (χ0n) is 14.3. The number of imidazole rings is 1. The van der Waals surface area contributed by atoms with Gasteiger partial charge in [-0.3, -0.25) is 4.79 Å². The van der Waals surface area contributed by atoms with Crippen molar-refractivity contribution in [3.63, 3.8) is 0 Å². The zero-order chi connectivity index (χ0) is 17.6. The predicted molar refractivity (Wildman–Crippen MR) is 92.5 cm³/mol. The number of nitrogens with one attached hydrogen (secondary N) is 1. The van der Waals surface area contributed by atoms with E-state index in [1.165, 1.54) is 0 Å². The number of carbonyl (C=O) groups is 1. The van der Waals surface area contributed by atoms with Crippen molar-refractivity contribution < 1.29 is 9.53 Å². The third-order valence-corrected chi connectivity index (χ3v) is 4.64. The van der Waals surface area contributed by atoms with Crippen molar-refractivity contribution in [2.45, 2.75) is 25.3 Å². The van der Waals surface area contributed by atoms with Crippen LogP contribution >= 0.6 is 0 Å². The summed E-state index contributed by atoms with van der Waals surface area (Å²) in [6.45, 7) is 1.44. The van der Waals surface area contributed by atoms with E-state index in [0.717, 1.165) is 37.4 Å². The van der Waals surface area contributed by atoms with Crippen molar-refractivity contribution in [3.8, 4) is 6.07 Å². The largest absolute Gasteiger partial charge is 0.381 e. The Hall–Kier alpha value is -2.65. The first kappa shape index (κ1) is 17.2. The van der Waals surface area contributed by atoms with E-state index < -0.39 is 0 Å². The lowest BCUT2D eigenvalue weighted by atomic mass is 9.91. The number of amides is 1. The molecule has 1 atom stereocenters. The van der Waals surface area contributed by atoms with Crippen LogP contribution in [0.25, 0.3) is 0 Å². The smallest absolute Gasteiger partial charge is 0.225 e. The van der Waals surface area contributed by atoms with Crippen molar-refractivity contribution in [1.82, 2.24) is 14.9 Å². The molecule has 0 radical (unpaired) electrons. The molecule has 1 fully saturated rings. The number of aryl methyl sites for hydroxylation is 1. The van der Waals surface area contributed by atoms with E-state index in [9.17, 15) is 4.79 Å². The molecule has 1 amide bonds. The number of nitriles is 1. The van der Waals surface area contributed by atoms with Crippen molar-refractivity contribution >= 4 is 5.91 Å². The fraction of sp³-hybridized carbons (Fsp3) is 0.421. The van der Waals surface area contributed by atoms with Gasteiger partial charge in [0.1, 0.15) is 5.82 Å². The van der Waals surface area contributed by atoms with Crippen LogP contribution in [0.15, 0.2) is 36.7 Å². The lowest BCUT2D eigenvalue weighted by Gasteiger charge is -2.30. The van der Waals surface area contributed by atoms with E-state index >= 15 is 0 Å². The summed E-state index contributed by atoms with van der Waals surface area (Å²) in [5.74, 6) is 1.16. The topological polar surface area (TPSA) is 79.9 Å². The van der Waals surface area contributed by atoms with Gasteiger partial charge in [-0.25, -0.2) is 4.98 Å². The molecule has 0 spiro atoms. The maximum Gasteiger partial charge on any atom is 0.225 e. The molecule has 130 valence electrons. The fourth-order valence-corrected chi connectivity index (χ4v) is 3.23. The number of hydrogen-bond donors (Lipinski definition) is 1. The minimum Gasteiger partial charge on any atom is -0.381 e. The molecule has 6 nitrogen and oxygen atoms in total. The molecule has 3 rings (SSSR count). The quantitative estimate of drug-likeness (QED) is 0.905. The summed E-state index contributed by atoms with van der Waals surface area (Å²) in [4.78, 5) is 17.0. The zero-order valence-corrected chi connectivity index (χ0v) is 14.3. The Morgan fingerprint density at radius 2 is 2.12 bits per heavy atom. The van der Waals surface area contributed by atoms with Crippen LogP contribution in [0, 0.1) is 17.2 Å².